The number of ether oxygens (including phenoxy) is 2. The first-order valence-electron chi connectivity index (χ1n) is 6.77. The molecule has 112 valence electrons. The quantitative estimate of drug-likeness (QED) is 0.441. The molecule has 1 saturated heterocycles. The first-order valence-corrected chi connectivity index (χ1v) is 6.77. The highest BCUT2D eigenvalue weighted by molar-refractivity contribution is 5.81. The van der Waals surface area contributed by atoms with Crippen molar-refractivity contribution in [1.82, 2.24) is 0 Å². The molecule has 0 aromatic carbocycles. The van der Waals surface area contributed by atoms with Crippen molar-refractivity contribution in [1.29, 1.82) is 0 Å². The molecule has 4 rings (SSSR count). The lowest BCUT2D eigenvalue weighted by atomic mass is 9.56. The number of hydrogen-bond acceptors (Lipinski definition) is 6. The predicted octanol–water partition coefficient (Wildman–Crippen LogP) is 1.08. The zero-order valence-corrected chi connectivity index (χ0v) is 12.1. The molecule has 1 N–H and O–H groups in total. The number of carbonyl (C=O) groups excluding carboxylic acids is 1. The summed E-state index contributed by atoms with van der Waals surface area (Å²) in [5.41, 5.74) is -2.32. The molecular weight excluding hydrogens is 264 g/mol. The summed E-state index contributed by atoms with van der Waals surface area (Å²) in [4.78, 5) is 22.8. The lowest BCUT2D eigenvalue weighted by Crippen LogP contribution is -2.78. The van der Waals surface area contributed by atoms with Gasteiger partial charge in [0.15, 0.2) is 5.60 Å². The maximum absolute atomic E-state index is 11.9. The summed E-state index contributed by atoms with van der Waals surface area (Å²) in [6.45, 7) is 5.82. The van der Waals surface area contributed by atoms with Crippen molar-refractivity contribution in [2.24, 2.45) is 5.41 Å². The van der Waals surface area contributed by atoms with Crippen LogP contribution in [0.25, 0.3) is 0 Å². The molecule has 3 aliphatic heterocycles. The van der Waals surface area contributed by atoms with Gasteiger partial charge in [-0.25, -0.2) is 9.68 Å². The van der Waals surface area contributed by atoms with E-state index >= 15 is 0 Å². The average Bonchev–Trinajstić information content (AvgIpc) is 2.43. The van der Waals surface area contributed by atoms with Crippen molar-refractivity contribution in [2.45, 2.75) is 56.7 Å². The van der Waals surface area contributed by atoms with Crippen LogP contribution in [0, 0.1) is 5.41 Å². The first-order chi connectivity index (χ1) is 9.23. The van der Waals surface area contributed by atoms with E-state index in [0.29, 0.717) is 6.42 Å². The van der Waals surface area contributed by atoms with E-state index in [1.54, 1.807) is 13.0 Å². The Hall–Kier alpha value is -0.950. The van der Waals surface area contributed by atoms with Crippen molar-refractivity contribution in [3.8, 4) is 0 Å². The summed E-state index contributed by atoms with van der Waals surface area (Å²) in [5.74, 6) is -2.45. The third kappa shape index (κ3) is 1.35. The Kier molecular flexibility index (Phi) is 2.68. The highest BCUT2D eigenvalue weighted by atomic mass is 17.3. The molecule has 0 radical (unpaired) electrons. The van der Waals surface area contributed by atoms with Crippen LogP contribution in [0.5, 0.6) is 0 Å². The molecule has 6 heteroatoms. The number of fused-ring (bicyclic) bond motifs is 1. The predicted molar refractivity (Wildman–Crippen MR) is 67.3 cm³/mol. The van der Waals surface area contributed by atoms with Crippen LogP contribution in [-0.2, 0) is 24.0 Å². The van der Waals surface area contributed by atoms with Gasteiger partial charge in [-0.3, -0.25) is 0 Å². The Morgan fingerprint density at radius 1 is 1.30 bits per heavy atom. The minimum Gasteiger partial charge on any atom is -0.465 e. The van der Waals surface area contributed by atoms with Gasteiger partial charge in [0.05, 0.1) is 13.2 Å². The van der Waals surface area contributed by atoms with Crippen molar-refractivity contribution >= 4 is 5.97 Å². The van der Waals surface area contributed by atoms with Crippen LogP contribution in [0.2, 0.25) is 0 Å². The first kappa shape index (κ1) is 14.0. The highest BCUT2D eigenvalue weighted by Gasteiger charge is 2.73. The molecule has 3 heterocycles. The van der Waals surface area contributed by atoms with Crippen molar-refractivity contribution in [2.75, 3.05) is 7.11 Å². The molecule has 1 spiro atoms. The molecule has 4 atom stereocenters. The van der Waals surface area contributed by atoms with Crippen molar-refractivity contribution in [3.05, 3.63) is 12.2 Å². The molecule has 6 nitrogen and oxygen atoms in total. The van der Waals surface area contributed by atoms with Crippen molar-refractivity contribution < 1.29 is 29.1 Å². The van der Waals surface area contributed by atoms with E-state index in [1.807, 2.05) is 13.8 Å². The average molecular weight is 284 g/mol. The second kappa shape index (κ2) is 3.82. The van der Waals surface area contributed by atoms with Gasteiger partial charge in [-0.15, -0.1) is 0 Å². The SMILES string of the molecule is COC(=O)[C@]12C=C[C@@]3(OO1)C(C)(C)CCC(O)[C@]3(C)O2. The third-order valence-electron chi connectivity index (χ3n) is 5.09. The molecule has 1 aliphatic carbocycles. The summed E-state index contributed by atoms with van der Waals surface area (Å²) in [5, 5.41) is 10.4. The van der Waals surface area contributed by atoms with Crippen LogP contribution in [0.3, 0.4) is 0 Å². The summed E-state index contributed by atoms with van der Waals surface area (Å²) in [7, 11) is 1.25. The van der Waals surface area contributed by atoms with Crippen LogP contribution < -0.4 is 0 Å². The smallest absolute Gasteiger partial charge is 0.373 e. The minimum atomic E-state index is -1.74. The van der Waals surface area contributed by atoms with Gasteiger partial charge < -0.3 is 14.6 Å². The molecule has 4 aliphatic rings. The highest BCUT2D eigenvalue weighted by Crippen LogP contribution is 2.60. The van der Waals surface area contributed by atoms with Crippen LogP contribution in [0.1, 0.15) is 33.6 Å². The van der Waals surface area contributed by atoms with Gasteiger partial charge in [-0.05, 0) is 31.9 Å². The molecule has 0 amide bonds. The van der Waals surface area contributed by atoms with Gasteiger partial charge in [0.25, 0.3) is 0 Å². The van der Waals surface area contributed by atoms with Crippen LogP contribution in [0.4, 0.5) is 0 Å². The zero-order valence-electron chi connectivity index (χ0n) is 12.1. The van der Waals surface area contributed by atoms with E-state index in [-0.39, 0.29) is 5.41 Å². The van der Waals surface area contributed by atoms with Crippen LogP contribution in [-0.4, -0.2) is 41.3 Å². The van der Waals surface area contributed by atoms with Gasteiger partial charge in [0.1, 0.15) is 5.60 Å². The maximum Gasteiger partial charge on any atom is 0.373 e. The largest absolute Gasteiger partial charge is 0.465 e. The zero-order chi connectivity index (χ0) is 14.8. The molecule has 1 unspecified atom stereocenters. The monoisotopic (exact) mass is 284 g/mol. The fraction of sp³-hybridized carbons (Fsp3) is 0.786. The Morgan fingerprint density at radius 3 is 2.55 bits per heavy atom. The molecular formula is C14H20O6. The van der Waals surface area contributed by atoms with Crippen LogP contribution in [0.15, 0.2) is 12.2 Å². The maximum atomic E-state index is 11.9. The van der Waals surface area contributed by atoms with Gasteiger partial charge >= 0.3 is 11.8 Å². The third-order valence-corrected chi connectivity index (χ3v) is 5.09. The summed E-state index contributed by atoms with van der Waals surface area (Å²) in [6, 6.07) is 0. The van der Waals surface area contributed by atoms with Crippen LogP contribution >= 0.6 is 0 Å². The summed E-state index contributed by atoms with van der Waals surface area (Å²) in [6.07, 6.45) is 3.86. The Balaban J connectivity index is 2.14. The number of aliphatic hydroxyl groups excluding tert-OH is 1. The van der Waals surface area contributed by atoms with E-state index in [9.17, 15) is 9.90 Å². The number of rotatable bonds is 1. The van der Waals surface area contributed by atoms with E-state index in [4.69, 9.17) is 19.2 Å². The van der Waals surface area contributed by atoms with E-state index in [0.717, 1.165) is 6.42 Å². The normalized spacial score (nSPS) is 48.8. The van der Waals surface area contributed by atoms with E-state index in [2.05, 4.69) is 0 Å². The second-order valence-corrected chi connectivity index (χ2v) is 6.54. The number of methoxy groups -OCH3 is 1. The fourth-order valence-corrected chi connectivity index (χ4v) is 3.67. The molecule has 0 aromatic rings. The lowest BCUT2D eigenvalue weighted by Gasteiger charge is -2.64. The molecule has 0 aromatic heterocycles. The van der Waals surface area contributed by atoms with Crippen molar-refractivity contribution in [3.63, 3.8) is 0 Å². The number of esters is 1. The lowest BCUT2D eigenvalue weighted by molar-refractivity contribution is -0.548. The minimum absolute atomic E-state index is 0.305. The Labute approximate surface area is 117 Å². The molecule has 1 saturated carbocycles. The second-order valence-electron chi connectivity index (χ2n) is 6.54. The number of carbonyl (C=O) groups is 1. The van der Waals surface area contributed by atoms with Gasteiger partial charge in [-0.2, -0.15) is 4.89 Å². The topological polar surface area (TPSA) is 74.2 Å². The van der Waals surface area contributed by atoms with Gasteiger partial charge in [0.2, 0.25) is 0 Å². The summed E-state index contributed by atoms with van der Waals surface area (Å²) >= 11 is 0. The van der Waals surface area contributed by atoms with E-state index < -0.39 is 29.1 Å². The van der Waals surface area contributed by atoms with Gasteiger partial charge in [0, 0.05) is 5.41 Å². The van der Waals surface area contributed by atoms with E-state index in [1.165, 1.54) is 13.2 Å². The fourth-order valence-electron chi connectivity index (χ4n) is 3.67. The van der Waals surface area contributed by atoms with Gasteiger partial charge in [-0.1, -0.05) is 13.8 Å². The Morgan fingerprint density at radius 2 is 2.00 bits per heavy atom. The summed E-state index contributed by atoms with van der Waals surface area (Å²) < 4.78 is 10.6. The molecule has 20 heavy (non-hydrogen) atoms. The number of hydrogen-bond donors (Lipinski definition) is 1. The standard InChI is InChI=1S/C14H20O6/c1-11(2)6-5-9(15)12(3)14(11)8-7-13(18-12,19-20-14)10(16)17-4/h7-9,15H,5-6H2,1-4H3/t9?,12-,13-,14+/m0/s1. The Bertz CT molecular complexity index is 486. The number of aliphatic hydroxyl groups is 1. The molecule has 2 bridgehead atoms. The molecule has 2 fully saturated rings.